The number of aromatic nitrogens is 2. The molecule has 0 bridgehead atoms. The third-order valence-corrected chi connectivity index (χ3v) is 4.88. The molecule has 1 aromatic rings. The van der Waals surface area contributed by atoms with Crippen molar-refractivity contribution in [1.29, 1.82) is 0 Å². The van der Waals surface area contributed by atoms with E-state index in [1.165, 1.54) is 0 Å². The Bertz CT molecular complexity index is 463. The van der Waals surface area contributed by atoms with E-state index in [1.54, 1.807) is 7.11 Å². The molecule has 0 amide bonds. The molecule has 2 heterocycles. The highest BCUT2D eigenvalue weighted by Gasteiger charge is 2.29. The molecule has 21 heavy (non-hydrogen) atoms. The fraction of sp³-hybridized carbons (Fsp3) is 0.800. The van der Waals surface area contributed by atoms with Gasteiger partial charge in [-0.2, -0.15) is 5.10 Å². The Hall–Kier alpha value is -0.620. The number of rotatable bonds is 6. The van der Waals surface area contributed by atoms with Gasteiger partial charge in [-0.1, -0.05) is 18.5 Å². The standard InChI is InChI=1S/C15H27ClN4O/c1-4-13-15(16)14(20(5-2)18-13)10-19-7-6-12(21-3)8-11(19)9-17/h11-12H,4-10,17H2,1-3H3. The maximum atomic E-state index is 6.51. The lowest BCUT2D eigenvalue weighted by Crippen LogP contribution is -2.48. The predicted molar refractivity (Wildman–Crippen MR) is 85.6 cm³/mol. The van der Waals surface area contributed by atoms with Gasteiger partial charge in [0.1, 0.15) is 0 Å². The number of likely N-dealkylation sites (tertiary alicyclic amines) is 1. The molecule has 2 rings (SSSR count). The van der Waals surface area contributed by atoms with Gasteiger partial charge in [-0.05, 0) is 26.2 Å². The molecule has 5 nitrogen and oxygen atoms in total. The molecular weight excluding hydrogens is 288 g/mol. The van der Waals surface area contributed by atoms with Crippen LogP contribution >= 0.6 is 11.6 Å². The van der Waals surface area contributed by atoms with Gasteiger partial charge < -0.3 is 10.5 Å². The van der Waals surface area contributed by atoms with Crippen molar-refractivity contribution in [2.24, 2.45) is 5.73 Å². The van der Waals surface area contributed by atoms with Crippen LogP contribution in [0.5, 0.6) is 0 Å². The van der Waals surface area contributed by atoms with Gasteiger partial charge in [-0.3, -0.25) is 9.58 Å². The summed E-state index contributed by atoms with van der Waals surface area (Å²) in [6.07, 6.45) is 3.23. The first kappa shape index (κ1) is 16.7. The van der Waals surface area contributed by atoms with E-state index in [-0.39, 0.29) is 0 Å². The Balaban J connectivity index is 2.15. The molecule has 1 aliphatic heterocycles. The number of aryl methyl sites for hydroxylation is 2. The highest BCUT2D eigenvalue weighted by molar-refractivity contribution is 6.31. The van der Waals surface area contributed by atoms with Crippen molar-refractivity contribution in [1.82, 2.24) is 14.7 Å². The lowest BCUT2D eigenvalue weighted by atomic mass is 9.99. The molecule has 2 N–H and O–H groups in total. The monoisotopic (exact) mass is 314 g/mol. The lowest BCUT2D eigenvalue weighted by molar-refractivity contribution is 0.00934. The van der Waals surface area contributed by atoms with E-state index in [1.807, 2.05) is 4.68 Å². The zero-order valence-corrected chi connectivity index (χ0v) is 14.1. The average Bonchev–Trinajstić information content (AvgIpc) is 2.83. The van der Waals surface area contributed by atoms with E-state index in [2.05, 4.69) is 23.8 Å². The van der Waals surface area contributed by atoms with Crippen LogP contribution in [0.25, 0.3) is 0 Å². The summed E-state index contributed by atoms with van der Waals surface area (Å²) in [5.74, 6) is 0. The third-order valence-electron chi connectivity index (χ3n) is 4.44. The van der Waals surface area contributed by atoms with E-state index < -0.39 is 0 Å². The Kier molecular flexibility index (Phi) is 6.05. The molecule has 0 aliphatic carbocycles. The molecule has 6 heteroatoms. The minimum absolute atomic E-state index is 0.326. The number of nitrogens with zero attached hydrogens (tertiary/aromatic N) is 3. The molecule has 0 saturated carbocycles. The van der Waals surface area contributed by atoms with Crippen LogP contribution in [0.2, 0.25) is 5.02 Å². The zero-order valence-electron chi connectivity index (χ0n) is 13.3. The van der Waals surface area contributed by atoms with Crippen LogP contribution in [0.4, 0.5) is 0 Å². The van der Waals surface area contributed by atoms with Gasteiger partial charge in [0.25, 0.3) is 0 Å². The van der Waals surface area contributed by atoms with Crippen LogP contribution in [-0.4, -0.2) is 47.0 Å². The van der Waals surface area contributed by atoms with Crippen LogP contribution in [0, 0.1) is 0 Å². The summed E-state index contributed by atoms with van der Waals surface area (Å²) in [7, 11) is 1.78. The van der Waals surface area contributed by atoms with Gasteiger partial charge in [0.05, 0.1) is 22.5 Å². The van der Waals surface area contributed by atoms with Crippen molar-refractivity contribution in [2.75, 3.05) is 20.2 Å². The predicted octanol–water partition coefficient (Wildman–Crippen LogP) is 2.06. The molecule has 1 aromatic heterocycles. The number of halogens is 1. The Morgan fingerprint density at radius 3 is 2.76 bits per heavy atom. The Morgan fingerprint density at radius 2 is 2.19 bits per heavy atom. The fourth-order valence-corrected chi connectivity index (χ4v) is 3.42. The van der Waals surface area contributed by atoms with Crippen molar-refractivity contribution < 1.29 is 4.74 Å². The molecule has 0 aromatic carbocycles. The average molecular weight is 315 g/mol. The SMILES string of the molecule is CCc1nn(CC)c(CN2CCC(OC)CC2CN)c1Cl. The Morgan fingerprint density at radius 1 is 1.43 bits per heavy atom. The van der Waals surface area contributed by atoms with Crippen LogP contribution in [-0.2, 0) is 24.2 Å². The lowest BCUT2D eigenvalue weighted by Gasteiger charge is -2.38. The number of piperidine rings is 1. The summed E-state index contributed by atoms with van der Waals surface area (Å²) < 4.78 is 7.51. The molecule has 1 aliphatic rings. The second-order valence-electron chi connectivity index (χ2n) is 5.62. The number of ether oxygens (including phenoxy) is 1. The molecule has 2 atom stereocenters. The fourth-order valence-electron chi connectivity index (χ4n) is 3.09. The second kappa shape index (κ2) is 7.58. The first-order valence-electron chi connectivity index (χ1n) is 7.85. The molecule has 0 spiro atoms. The normalized spacial score (nSPS) is 23.7. The van der Waals surface area contributed by atoms with Gasteiger partial charge in [0.2, 0.25) is 0 Å². The minimum atomic E-state index is 0.326. The summed E-state index contributed by atoms with van der Waals surface area (Å²) in [4.78, 5) is 2.42. The van der Waals surface area contributed by atoms with Crippen LogP contribution in [0.1, 0.15) is 38.1 Å². The highest BCUT2D eigenvalue weighted by Crippen LogP contribution is 2.26. The summed E-state index contributed by atoms with van der Waals surface area (Å²) in [6.45, 7) is 7.49. The van der Waals surface area contributed by atoms with Gasteiger partial charge in [0, 0.05) is 39.3 Å². The van der Waals surface area contributed by atoms with E-state index in [4.69, 9.17) is 22.1 Å². The van der Waals surface area contributed by atoms with Gasteiger partial charge >= 0.3 is 0 Å². The number of nitrogens with two attached hydrogens (primary N) is 1. The van der Waals surface area contributed by atoms with E-state index >= 15 is 0 Å². The quantitative estimate of drug-likeness (QED) is 0.873. The maximum absolute atomic E-state index is 6.51. The first-order valence-corrected chi connectivity index (χ1v) is 8.23. The zero-order chi connectivity index (χ0) is 15.4. The highest BCUT2D eigenvalue weighted by atomic mass is 35.5. The van der Waals surface area contributed by atoms with Gasteiger partial charge in [0.15, 0.2) is 0 Å². The van der Waals surface area contributed by atoms with Gasteiger partial charge in [-0.15, -0.1) is 0 Å². The van der Waals surface area contributed by atoms with E-state index in [9.17, 15) is 0 Å². The van der Waals surface area contributed by atoms with Crippen molar-refractivity contribution >= 4 is 11.6 Å². The molecule has 1 saturated heterocycles. The van der Waals surface area contributed by atoms with Gasteiger partial charge in [-0.25, -0.2) is 0 Å². The summed E-state index contributed by atoms with van der Waals surface area (Å²) in [5.41, 5.74) is 8.06. The number of methoxy groups -OCH3 is 1. The summed E-state index contributed by atoms with van der Waals surface area (Å²) in [6, 6.07) is 0.352. The minimum Gasteiger partial charge on any atom is -0.381 e. The van der Waals surface area contributed by atoms with Crippen molar-refractivity contribution in [3.63, 3.8) is 0 Å². The van der Waals surface area contributed by atoms with Crippen LogP contribution < -0.4 is 5.73 Å². The number of hydrogen-bond acceptors (Lipinski definition) is 4. The molecule has 120 valence electrons. The largest absolute Gasteiger partial charge is 0.381 e. The maximum Gasteiger partial charge on any atom is 0.0863 e. The number of hydrogen-bond donors (Lipinski definition) is 1. The van der Waals surface area contributed by atoms with Crippen molar-refractivity contribution in [3.05, 3.63) is 16.4 Å². The summed E-state index contributed by atoms with van der Waals surface area (Å²) in [5, 5.41) is 5.42. The second-order valence-corrected chi connectivity index (χ2v) is 6.00. The summed E-state index contributed by atoms with van der Waals surface area (Å²) >= 11 is 6.51. The molecule has 2 unspecified atom stereocenters. The van der Waals surface area contributed by atoms with Crippen LogP contribution in [0.15, 0.2) is 0 Å². The van der Waals surface area contributed by atoms with E-state index in [0.29, 0.717) is 18.7 Å². The topological polar surface area (TPSA) is 56.3 Å². The smallest absolute Gasteiger partial charge is 0.0863 e. The van der Waals surface area contributed by atoms with Crippen molar-refractivity contribution in [3.8, 4) is 0 Å². The Labute approximate surface area is 132 Å². The molecule has 1 fully saturated rings. The molecule has 0 radical (unpaired) electrons. The van der Waals surface area contributed by atoms with Crippen LogP contribution in [0.3, 0.4) is 0 Å². The van der Waals surface area contributed by atoms with Crippen molar-refractivity contribution in [2.45, 2.75) is 58.3 Å². The van der Waals surface area contributed by atoms with E-state index in [0.717, 1.165) is 55.3 Å². The molecular formula is C15H27ClN4O. The first-order chi connectivity index (χ1) is 10.1. The third kappa shape index (κ3) is 3.59.